The molecule has 0 aliphatic rings. The van der Waals surface area contributed by atoms with E-state index in [0.29, 0.717) is 0 Å². The Morgan fingerprint density at radius 2 is 1.61 bits per heavy atom. The molecule has 0 aliphatic carbocycles. The first-order valence-corrected chi connectivity index (χ1v) is 5.25. The van der Waals surface area contributed by atoms with Crippen LogP contribution in [0.4, 0.5) is 13.2 Å². The summed E-state index contributed by atoms with van der Waals surface area (Å²) in [5, 5.41) is 18.5. The number of carbonyl (C=O) groups is 1. The Bertz CT molecular complexity index is 421. The maximum Gasteiger partial charge on any atom is 0.416 e. The molecular weight excluding hydrogens is 249 g/mol. The number of aliphatic carboxylic acids is 1. The molecule has 18 heavy (non-hydrogen) atoms. The first kappa shape index (κ1) is 14.5. The molecule has 0 radical (unpaired) electrons. The third-order valence-corrected chi connectivity index (χ3v) is 2.66. The topological polar surface area (TPSA) is 57.5 Å². The molecule has 0 saturated carbocycles. The summed E-state index contributed by atoms with van der Waals surface area (Å²) in [7, 11) is 0. The predicted molar refractivity (Wildman–Crippen MR) is 57.9 cm³/mol. The molecule has 0 aliphatic heterocycles. The standard InChI is InChI=1S/C12H13F3O3/c1-11(18,7-6-10(16)17)8-2-4-9(5-3-8)12(13,14)15/h2-5,18H,6-7H2,1H3,(H,16,17). The summed E-state index contributed by atoms with van der Waals surface area (Å²) < 4.78 is 37.0. The van der Waals surface area contributed by atoms with Crippen LogP contribution in [0.1, 0.15) is 30.9 Å². The average molecular weight is 262 g/mol. The highest BCUT2D eigenvalue weighted by Crippen LogP contribution is 2.32. The summed E-state index contributed by atoms with van der Waals surface area (Å²) in [6, 6.07) is 4.05. The largest absolute Gasteiger partial charge is 0.481 e. The van der Waals surface area contributed by atoms with Gasteiger partial charge >= 0.3 is 12.1 Å². The van der Waals surface area contributed by atoms with Gasteiger partial charge in [-0.3, -0.25) is 4.79 Å². The van der Waals surface area contributed by atoms with Crippen molar-refractivity contribution in [1.29, 1.82) is 0 Å². The molecule has 1 aromatic carbocycles. The Morgan fingerprint density at radius 1 is 1.17 bits per heavy atom. The van der Waals surface area contributed by atoms with Crippen LogP contribution in [0.15, 0.2) is 24.3 Å². The Labute approximate surface area is 102 Å². The first-order valence-electron chi connectivity index (χ1n) is 5.25. The van der Waals surface area contributed by atoms with Gasteiger partial charge in [0.1, 0.15) is 0 Å². The molecule has 1 rings (SSSR count). The third-order valence-electron chi connectivity index (χ3n) is 2.66. The van der Waals surface area contributed by atoms with Crippen molar-refractivity contribution < 1.29 is 28.2 Å². The van der Waals surface area contributed by atoms with E-state index in [9.17, 15) is 23.1 Å². The molecular formula is C12H13F3O3. The van der Waals surface area contributed by atoms with Crippen molar-refractivity contribution in [1.82, 2.24) is 0 Å². The second kappa shape index (κ2) is 4.97. The quantitative estimate of drug-likeness (QED) is 0.877. The summed E-state index contributed by atoms with van der Waals surface area (Å²) in [4.78, 5) is 10.4. The summed E-state index contributed by atoms with van der Waals surface area (Å²) in [6.45, 7) is 1.37. The first-order chi connectivity index (χ1) is 8.13. The van der Waals surface area contributed by atoms with Crippen LogP contribution in [0.2, 0.25) is 0 Å². The molecule has 1 atom stereocenters. The molecule has 6 heteroatoms. The van der Waals surface area contributed by atoms with Gasteiger partial charge < -0.3 is 10.2 Å². The van der Waals surface area contributed by atoms with Crippen LogP contribution >= 0.6 is 0 Å². The van der Waals surface area contributed by atoms with Crippen LogP contribution in [0.3, 0.4) is 0 Å². The lowest BCUT2D eigenvalue weighted by Gasteiger charge is -2.23. The van der Waals surface area contributed by atoms with Gasteiger partial charge in [-0.05, 0) is 31.0 Å². The zero-order valence-electron chi connectivity index (χ0n) is 9.66. The van der Waals surface area contributed by atoms with Gasteiger partial charge in [0.25, 0.3) is 0 Å². The van der Waals surface area contributed by atoms with E-state index in [4.69, 9.17) is 5.11 Å². The highest BCUT2D eigenvalue weighted by Gasteiger charge is 2.31. The van der Waals surface area contributed by atoms with Crippen molar-refractivity contribution in [2.24, 2.45) is 0 Å². The van der Waals surface area contributed by atoms with E-state index in [0.717, 1.165) is 24.3 Å². The van der Waals surface area contributed by atoms with Crippen molar-refractivity contribution in [3.63, 3.8) is 0 Å². The van der Waals surface area contributed by atoms with Crippen molar-refractivity contribution in [2.45, 2.75) is 31.5 Å². The fourth-order valence-electron chi connectivity index (χ4n) is 1.51. The molecule has 0 amide bonds. The second-order valence-corrected chi connectivity index (χ2v) is 4.24. The minimum atomic E-state index is -4.43. The highest BCUT2D eigenvalue weighted by atomic mass is 19.4. The third kappa shape index (κ3) is 3.73. The van der Waals surface area contributed by atoms with Crippen LogP contribution < -0.4 is 0 Å². The van der Waals surface area contributed by atoms with Gasteiger partial charge in [-0.1, -0.05) is 12.1 Å². The second-order valence-electron chi connectivity index (χ2n) is 4.24. The molecule has 2 N–H and O–H groups in total. The molecule has 0 saturated heterocycles. The zero-order chi connectivity index (χ0) is 14.0. The normalized spacial score (nSPS) is 15.2. The molecule has 0 bridgehead atoms. The van der Waals surface area contributed by atoms with Crippen LogP contribution in [-0.4, -0.2) is 16.2 Å². The molecule has 1 unspecified atom stereocenters. The SMILES string of the molecule is CC(O)(CCC(=O)O)c1ccc(C(F)(F)F)cc1. The summed E-state index contributed by atoms with van der Waals surface area (Å²) in [6.07, 6.45) is -4.74. The Balaban J connectivity index is 2.87. The summed E-state index contributed by atoms with van der Waals surface area (Å²) >= 11 is 0. The van der Waals surface area contributed by atoms with Gasteiger partial charge in [-0.15, -0.1) is 0 Å². The lowest BCUT2D eigenvalue weighted by atomic mass is 9.90. The van der Waals surface area contributed by atoms with Crippen molar-refractivity contribution in [2.75, 3.05) is 0 Å². The maximum absolute atomic E-state index is 12.3. The number of halogens is 3. The number of carboxylic acid groups (broad SMARTS) is 1. The van der Waals surface area contributed by atoms with Gasteiger partial charge in [-0.25, -0.2) is 0 Å². The number of hydrogen-bond acceptors (Lipinski definition) is 2. The number of carboxylic acids is 1. The minimum absolute atomic E-state index is 0.0618. The Hall–Kier alpha value is -1.56. The van der Waals surface area contributed by atoms with Crippen LogP contribution in [0.5, 0.6) is 0 Å². The lowest BCUT2D eigenvalue weighted by Crippen LogP contribution is -2.22. The number of alkyl halides is 3. The van der Waals surface area contributed by atoms with E-state index in [1.165, 1.54) is 6.92 Å². The fourth-order valence-corrected chi connectivity index (χ4v) is 1.51. The molecule has 0 fully saturated rings. The number of aliphatic hydroxyl groups is 1. The predicted octanol–water partition coefficient (Wildman–Crippen LogP) is 2.78. The monoisotopic (exact) mass is 262 g/mol. The summed E-state index contributed by atoms with van der Waals surface area (Å²) in [5.41, 5.74) is -2.00. The van der Waals surface area contributed by atoms with E-state index in [1.54, 1.807) is 0 Å². The van der Waals surface area contributed by atoms with Crippen molar-refractivity contribution >= 4 is 5.97 Å². The molecule has 3 nitrogen and oxygen atoms in total. The van der Waals surface area contributed by atoms with Crippen LogP contribution in [-0.2, 0) is 16.6 Å². The lowest BCUT2D eigenvalue weighted by molar-refractivity contribution is -0.138. The molecule has 0 heterocycles. The highest BCUT2D eigenvalue weighted by molar-refractivity contribution is 5.66. The molecule has 100 valence electrons. The van der Waals surface area contributed by atoms with E-state index < -0.39 is 23.3 Å². The molecule has 0 aromatic heterocycles. The number of benzene rings is 1. The smallest absolute Gasteiger partial charge is 0.416 e. The Morgan fingerprint density at radius 3 is 2.00 bits per heavy atom. The van der Waals surface area contributed by atoms with Crippen LogP contribution in [0, 0.1) is 0 Å². The number of hydrogen-bond donors (Lipinski definition) is 2. The van der Waals surface area contributed by atoms with E-state index >= 15 is 0 Å². The van der Waals surface area contributed by atoms with E-state index in [-0.39, 0.29) is 18.4 Å². The number of rotatable bonds is 4. The van der Waals surface area contributed by atoms with Gasteiger partial charge in [0, 0.05) is 6.42 Å². The Kier molecular flexibility index (Phi) is 4.01. The van der Waals surface area contributed by atoms with Gasteiger partial charge in [0.15, 0.2) is 0 Å². The molecule has 0 spiro atoms. The van der Waals surface area contributed by atoms with E-state index in [1.807, 2.05) is 0 Å². The van der Waals surface area contributed by atoms with Crippen molar-refractivity contribution in [3.05, 3.63) is 35.4 Å². The zero-order valence-corrected chi connectivity index (χ0v) is 9.66. The fraction of sp³-hybridized carbons (Fsp3) is 0.417. The van der Waals surface area contributed by atoms with Crippen LogP contribution in [0.25, 0.3) is 0 Å². The van der Waals surface area contributed by atoms with Gasteiger partial charge in [0.05, 0.1) is 11.2 Å². The summed E-state index contributed by atoms with van der Waals surface area (Å²) in [5.74, 6) is -1.07. The van der Waals surface area contributed by atoms with Crippen molar-refractivity contribution in [3.8, 4) is 0 Å². The van der Waals surface area contributed by atoms with Gasteiger partial charge in [-0.2, -0.15) is 13.2 Å². The van der Waals surface area contributed by atoms with Gasteiger partial charge in [0.2, 0.25) is 0 Å². The maximum atomic E-state index is 12.3. The van der Waals surface area contributed by atoms with E-state index in [2.05, 4.69) is 0 Å². The average Bonchev–Trinajstić information content (AvgIpc) is 2.26. The minimum Gasteiger partial charge on any atom is -0.481 e. The molecule has 1 aromatic rings.